The second kappa shape index (κ2) is 5.33. The molecule has 2 heterocycles. The Morgan fingerprint density at radius 3 is 2.81 bits per heavy atom. The van der Waals surface area contributed by atoms with Crippen molar-refractivity contribution in [2.45, 2.75) is 19.9 Å². The maximum absolute atomic E-state index is 13.0. The summed E-state index contributed by atoms with van der Waals surface area (Å²) in [6.07, 6.45) is 2.13. The predicted molar refractivity (Wildman–Crippen MR) is 77.9 cm³/mol. The minimum Gasteiger partial charge on any atom is -0.323 e. The van der Waals surface area contributed by atoms with Crippen molar-refractivity contribution in [1.29, 1.82) is 5.26 Å². The van der Waals surface area contributed by atoms with E-state index in [9.17, 15) is 4.39 Å². The Morgan fingerprint density at radius 2 is 2.14 bits per heavy atom. The number of pyridine rings is 1. The zero-order chi connectivity index (χ0) is 14.8. The van der Waals surface area contributed by atoms with Gasteiger partial charge in [-0.05, 0) is 36.8 Å². The zero-order valence-corrected chi connectivity index (χ0v) is 11.5. The fourth-order valence-corrected chi connectivity index (χ4v) is 2.35. The Bertz CT molecular complexity index is 828. The van der Waals surface area contributed by atoms with E-state index >= 15 is 0 Å². The minimum absolute atomic E-state index is 0.372. The normalized spacial score (nSPS) is 10.7. The molecular formula is C16H13FN4. The lowest BCUT2D eigenvalue weighted by Crippen LogP contribution is -2.00. The number of rotatable bonds is 3. The van der Waals surface area contributed by atoms with Gasteiger partial charge in [-0.2, -0.15) is 5.26 Å². The van der Waals surface area contributed by atoms with Gasteiger partial charge < -0.3 is 4.57 Å². The van der Waals surface area contributed by atoms with Gasteiger partial charge in [0, 0.05) is 6.54 Å². The predicted octanol–water partition coefficient (Wildman–Crippen LogP) is 3.52. The monoisotopic (exact) mass is 280 g/mol. The SMILES string of the molecule is CCCn1c(-c2ccc(F)cn2)nc2cc(C#N)ccc21. The van der Waals surface area contributed by atoms with Crippen molar-refractivity contribution < 1.29 is 4.39 Å². The molecule has 0 unspecified atom stereocenters. The first-order chi connectivity index (χ1) is 10.2. The molecule has 3 aromatic rings. The molecule has 104 valence electrons. The second-order valence-electron chi connectivity index (χ2n) is 4.76. The van der Waals surface area contributed by atoms with Crippen molar-refractivity contribution in [3.05, 3.63) is 47.9 Å². The molecule has 0 amide bonds. The van der Waals surface area contributed by atoms with Gasteiger partial charge >= 0.3 is 0 Å². The van der Waals surface area contributed by atoms with E-state index in [1.807, 2.05) is 6.07 Å². The van der Waals surface area contributed by atoms with Gasteiger partial charge in [-0.1, -0.05) is 6.92 Å². The van der Waals surface area contributed by atoms with Gasteiger partial charge in [-0.3, -0.25) is 0 Å². The van der Waals surface area contributed by atoms with E-state index in [4.69, 9.17) is 5.26 Å². The summed E-state index contributed by atoms with van der Waals surface area (Å²) in [5, 5.41) is 8.99. The highest BCUT2D eigenvalue weighted by Gasteiger charge is 2.13. The smallest absolute Gasteiger partial charge is 0.159 e. The topological polar surface area (TPSA) is 54.5 Å². The molecule has 0 spiro atoms. The maximum Gasteiger partial charge on any atom is 0.159 e. The van der Waals surface area contributed by atoms with Crippen LogP contribution in [0.3, 0.4) is 0 Å². The van der Waals surface area contributed by atoms with Crippen LogP contribution in [-0.4, -0.2) is 14.5 Å². The second-order valence-corrected chi connectivity index (χ2v) is 4.76. The first-order valence-electron chi connectivity index (χ1n) is 6.75. The molecule has 0 saturated heterocycles. The van der Waals surface area contributed by atoms with Crippen molar-refractivity contribution in [1.82, 2.24) is 14.5 Å². The standard InChI is InChI=1S/C16H13FN4/c1-2-7-21-15-6-3-11(9-18)8-14(15)20-16(21)13-5-4-12(17)10-19-13/h3-6,8,10H,2,7H2,1H3. The Balaban J connectivity index is 2.23. The molecule has 4 nitrogen and oxygen atoms in total. The van der Waals surface area contributed by atoms with Gasteiger partial charge in [0.25, 0.3) is 0 Å². The van der Waals surface area contributed by atoms with Gasteiger partial charge in [-0.15, -0.1) is 0 Å². The number of aromatic nitrogens is 3. The number of nitriles is 1. The van der Waals surface area contributed by atoms with Crippen LogP contribution in [0.1, 0.15) is 18.9 Å². The lowest BCUT2D eigenvalue weighted by Gasteiger charge is -2.07. The summed E-state index contributed by atoms with van der Waals surface area (Å²) in [5.41, 5.74) is 2.91. The average molecular weight is 280 g/mol. The summed E-state index contributed by atoms with van der Waals surface area (Å²) >= 11 is 0. The van der Waals surface area contributed by atoms with E-state index in [-0.39, 0.29) is 5.82 Å². The summed E-state index contributed by atoms with van der Waals surface area (Å²) < 4.78 is 15.1. The molecule has 1 aromatic carbocycles. The average Bonchev–Trinajstić information content (AvgIpc) is 2.86. The number of imidazole rings is 1. The molecule has 2 aromatic heterocycles. The molecule has 0 N–H and O–H groups in total. The quantitative estimate of drug-likeness (QED) is 0.737. The zero-order valence-electron chi connectivity index (χ0n) is 11.5. The number of aryl methyl sites for hydroxylation is 1. The molecule has 0 fully saturated rings. The van der Waals surface area contributed by atoms with Crippen LogP contribution in [0.2, 0.25) is 0 Å². The first-order valence-corrected chi connectivity index (χ1v) is 6.75. The lowest BCUT2D eigenvalue weighted by atomic mass is 10.2. The molecule has 0 atom stereocenters. The minimum atomic E-state index is -0.372. The van der Waals surface area contributed by atoms with Gasteiger partial charge in [0.15, 0.2) is 5.82 Å². The number of fused-ring (bicyclic) bond motifs is 1. The Labute approximate surface area is 121 Å². The fourth-order valence-electron chi connectivity index (χ4n) is 2.35. The maximum atomic E-state index is 13.0. The van der Waals surface area contributed by atoms with Crippen LogP contribution < -0.4 is 0 Å². The fraction of sp³-hybridized carbons (Fsp3) is 0.188. The highest BCUT2D eigenvalue weighted by molar-refractivity contribution is 5.81. The largest absolute Gasteiger partial charge is 0.323 e. The van der Waals surface area contributed by atoms with Crippen molar-refractivity contribution in [3.63, 3.8) is 0 Å². The van der Waals surface area contributed by atoms with E-state index in [1.54, 1.807) is 18.2 Å². The molecular weight excluding hydrogens is 267 g/mol. The number of nitrogens with zero attached hydrogens (tertiary/aromatic N) is 4. The third kappa shape index (κ3) is 2.36. The molecule has 0 aliphatic heterocycles. The summed E-state index contributed by atoms with van der Waals surface area (Å²) in [5.74, 6) is 0.325. The number of hydrogen-bond acceptors (Lipinski definition) is 3. The van der Waals surface area contributed by atoms with Gasteiger partial charge in [0.2, 0.25) is 0 Å². The van der Waals surface area contributed by atoms with E-state index in [0.29, 0.717) is 17.1 Å². The van der Waals surface area contributed by atoms with Crippen molar-refractivity contribution in [2.24, 2.45) is 0 Å². The van der Waals surface area contributed by atoms with E-state index < -0.39 is 0 Å². The molecule has 0 aliphatic carbocycles. The summed E-state index contributed by atoms with van der Waals surface area (Å²) in [6, 6.07) is 10.5. The highest BCUT2D eigenvalue weighted by atomic mass is 19.1. The van der Waals surface area contributed by atoms with Crippen LogP contribution in [-0.2, 0) is 6.54 Å². The van der Waals surface area contributed by atoms with Crippen molar-refractivity contribution in [2.75, 3.05) is 0 Å². The Morgan fingerprint density at radius 1 is 1.29 bits per heavy atom. The summed E-state index contributed by atoms with van der Waals surface area (Å²) in [7, 11) is 0. The molecule has 3 rings (SSSR count). The third-order valence-electron chi connectivity index (χ3n) is 3.28. The third-order valence-corrected chi connectivity index (χ3v) is 3.28. The van der Waals surface area contributed by atoms with Crippen molar-refractivity contribution >= 4 is 11.0 Å². The molecule has 0 bridgehead atoms. The summed E-state index contributed by atoms with van der Waals surface area (Å²) in [6.45, 7) is 2.87. The molecule has 0 radical (unpaired) electrons. The van der Waals surface area contributed by atoms with E-state index in [2.05, 4.69) is 27.5 Å². The number of benzene rings is 1. The van der Waals surface area contributed by atoms with Gasteiger partial charge in [-0.25, -0.2) is 14.4 Å². The number of hydrogen-bond donors (Lipinski definition) is 0. The van der Waals surface area contributed by atoms with Crippen LogP contribution in [0.5, 0.6) is 0 Å². The van der Waals surface area contributed by atoms with Crippen molar-refractivity contribution in [3.8, 4) is 17.6 Å². The van der Waals surface area contributed by atoms with Crippen LogP contribution >= 0.6 is 0 Å². The molecule has 0 aliphatic rings. The van der Waals surface area contributed by atoms with E-state index in [0.717, 1.165) is 24.0 Å². The first kappa shape index (κ1) is 13.3. The molecule has 5 heteroatoms. The number of halogens is 1. The van der Waals surface area contributed by atoms with Crippen LogP contribution in [0.4, 0.5) is 4.39 Å². The van der Waals surface area contributed by atoms with Gasteiger partial charge in [0.05, 0.1) is 28.9 Å². The Hall–Kier alpha value is -2.74. The molecule has 0 saturated carbocycles. The summed E-state index contributed by atoms with van der Waals surface area (Å²) in [4.78, 5) is 8.67. The molecule has 21 heavy (non-hydrogen) atoms. The van der Waals surface area contributed by atoms with Gasteiger partial charge in [0.1, 0.15) is 11.5 Å². The van der Waals surface area contributed by atoms with Crippen LogP contribution in [0, 0.1) is 17.1 Å². The van der Waals surface area contributed by atoms with Crippen LogP contribution in [0.25, 0.3) is 22.6 Å². The van der Waals surface area contributed by atoms with Crippen LogP contribution in [0.15, 0.2) is 36.5 Å². The lowest BCUT2D eigenvalue weighted by molar-refractivity contribution is 0.621. The highest BCUT2D eigenvalue weighted by Crippen LogP contribution is 2.24. The van der Waals surface area contributed by atoms with E-state index in [1.165, 1.54) is 12.3 Å². The Kier molecular flexibility index (Phi) is 3.36.